The molecular weight excluding hydrogens is 475 g/mol. The van der Waals surface area contributed by atoms with Crippen LogP contribution >= 0.6 is 0 Å². The van der Waals surface area contributed by atoms with Crippen LogP contribution in [0.1, 0.15) is 15.9 Å². The Kier molecular flexibility index (Phi) is 6.77. The number of nitrogens with one attached hydrogen (secondary N) is 1. The van der Waals surface area contributed by atoms with Crippen LogP contribution in [0.3, 0.4) is 0 Å². The van der Waals surface area contributed by atoms with Crippen LogP contribution in [0.2, 0.25) is 0 Å². The summed E-state index contributed by atoms with van der Waals surface area (Å²) in [6.45, 7) is -1.26. The average molecular weight is 489 g/mol. The van der Waals surface area contributed by atoms with Gasteiger partial charge in [-0.3, -0.25) is 9.59 Å². The van der Waals surface area contributed by atoms with Crippen molar-refractivity contribution in [2.45, 2.75) is 18.5 Å². The van der Waals surface area contributed by atoms with Gasteiger partial charge in [0.25, 0.3) is 11.5 Å². The monoisotopic (exact) mass is 489 g/mol. The third kappa shape index (κ3) is 5.60. The lowest BCUT2D eigenvalue weighted by molar-refractivity contribution is -0.201. The second-order valence-corrected chi connectivity index (χ2v) is 6.98. The Balaban J connectivity index is 2.09. The van der Waals surface area contributed by atoms with E-state index in [1.807, 2.05) is 0 Å². The van der Waals surface area contributed by atoms with Crippen molar-refractivity contribution in [2.75, 3.05) is 6.54 Å². The highest BCUT2D eigenvalue weighted by Gasteiger charge is 2.38. The van der Waals surface area contributed by atoms with Crippen LogP contribution in [0.25, 0.3) is 16.9 Å². The Bertz CT molecular complexity index is 1250. The van der Waals surface area contributed by atoms with Gasteiger partial charge in [-0.15, -0.1) is 0 Å². The van der Waals surface area contributed by atoms with E-state index in [2.05, 4.69) is 5.10 Å². The molecule has 0 aliphatic rings. The number of carbonyl (C=O) groups excluding carboxylic acids is 1. The Morgan fingerprint density at radius 3 is 2.24 bits per heavy atom. The summed E-state index contributed by atoms with van der Waals surface area (Å²) < 4.78 is 90.4. The molecule has 34 heavy (non-hydrogen) atoms. The molecule has 0 saturated heterocycles. The van der Waals surface area contributed by atoms with E-state index in [0.29, 0.717) is 4.68 Å². The molecule has 0 saturated carbocycles. The summed E-state index contributed by atoms with van der Waals surface area (Å²) in [4.78, 5) is 25.3. The number of aromatic nitrogens is 2. The molecule has 6 nitrogen and oxygen atoms in total. The quantitative estimate of drug-likeness (QED) is 0.536. The van der Waals surface area contributed by atoms with Gasteiger partial charge in [-0.2, -0.15) is 36.1 Å². The maximum Gasteiger partial charge on any atom is 0.416 e. The first-order valence-electron chi connectivity index (χ1n) is 9.38. The fourth-order valence-electron chi connectivity index (χ4n) is 2.81. The number of amides is 1. The highest BCUT2D eigenvalue weighted by atomic mass is 19.4. The Hall–Kier alpha value is -3.74. The van der Waals surface area contributed by atoms with Crippen molar-refractivity contribution < 1.29 is 40.6 Å². The van der Waals surface area contributed by atoms with E-state index in [4.69, 9.17) is 5.11 Å². The van der Waals surface area contributed by atoms with Gasteiger partial charge in [-0.05, 0) is 36.4 Å². The van der Waals surface area contributed by atoms with Crippen molar-refractivity contribution in [2.24, 2.45) is 0 Å². The number of nitrogens with zero attached hydrogens (tertiary/aromatic N) is 2. The summed E-state index contributed by atoms with van der Waals surface area (Å²) >= 11 is 0. The fraction of sp³-hybridized carbons (Fsp3) is 0.190. The molecule has 1 heterocycles. The number of rotatable bonds is 5. The number of benzene rings is 2. The van der Waals surface area contributed by atoms with Gasteiger partial charge < -0.3 is 10.4 Å². The molecule has 0 aliphatic carbocycles. The van der Waals surface area contributed by atoms with Crippen molar-refractivity contribution in [1.82, 2.24) is 15.1 Å². The van der Waals surface area contributed by atoms with Crippen LogP contribution < -0.4 is 10.9 Å². The predicted molar refractivity (Wildman–Crippen MR) is 105 cm³/mol. The first-order chi connectivity index (χ1) is 15.8. The molecule has 0 bridgehead atoms. The zero-order valence-corrected chi connectivity index (χ0v) is 16.8. The fourth-order valence-corrected chi connectivity index (χ4v) is 2.81. The molecule has 3 rings (SSSR count). The van der Waals surface area contributed by atoms with E-state index < -0.39 is 53.4 Å². The van der Waals surface area contributed by atoms with Crippen LogP contribution in [0, 0.1) is 5.82 Å². The standard InChI is InChI=1S/C21H14F7N3O3/c22-13-2-1-3-14(8-13)31-19(34)15(18(33)29-10-17(32)21(26,27)28)9-16(30-31)11-4-6-12(7-5-11)20(23,24)25/h1-9,17,32H,10H2,(H,29,33)/t17-/m0/s1. The van der Waals surface area contributed by atoms with E-state index in [1.54, 1.807) is 5.32 Å². The SMILES string of the molecule is O=C(NC[C@H](O)C(F)(F)F)c1cc(-c2ccc(C(F)(F)F)cc2)nn(-c2cccc(F)c2)c1=O. The molecular formula is C21H14F7N3O3. The molecule has 0 radical (unpaired) electrons. The normalized spacial score (nSPS) is 12.9. The zero-order chi connectivity index (χ0) is 25.3. The van der Waals surface area contributed by atoms with Crippen LogP contribution in [0.5, 0.6) is 0 Å². The number of hydrogen-bond acceptors (Lipinski definition) is 4. The van der Waals surface area contributed by atoms with Crippen LogP contribution in [-0.4, -0.2) is 39.6 Å². The lowest BCUT2D eigenvalue weighted by Crippen LogP contribution is -2.42. The third-order valence-corrected chi connectivity index (χ3v) is 4.55. The van der Waals surface area contributed by atoms with Gasteiger partial charge in [0.15, 0.2) is 6.10 Å². The minimum Gasteiger partial charge on any atom is -0.382 e. The molecule has 2 N–H and O–H groups in total. The molecule has 1 atom stereocenters. The Labute approximate surface area is 186 Å². The molecule has 3 aromatic rings. The smallest absolute Gasteiger partial charge is 0.382 e. The first-order valence-corrected chi connectivity index (χ1v) is 9.38. The Morgan fingerprint density at radius 1 is 1.03 bits per heavy atom. The largest absolute Gasteiger partial charge is 0.416 e. The first kappa shape index (κ1) is 24.9. The van der Waals surface area contributed by atoms with Gasteiger partial charge in [0.05, 0.1) is 23.5 Å². The highest BCUT2D eigenvalue weighted by Crippen LogP contribution is 2.30. The van der Waals surface area contributed by atoms with Crippen molar-refractivity contribution >= 4 is 5.91 Å². The minimum absolute atomic E-state index is 0.0301. The molecule has 13 heteroatoms. The van der Waals surface area contributed by atoms with Crippen LogP contribution in [-0.2, 0) is 6.18 Å². The molecule has 0 fully saturated rings. The molecule has 2 aromatic carbocycles. The van der Waals surface area contributed by atoms with E-state index >= 15 is 0 Å². The second kappa shape index (κ2) is 9.25. The van der Waals surface area contributed by atoms with Crippen molar-refractivity contribution in [3.8, 4) is 16.9 Å². The van der Waals surface area contributed by atoms with E-state index in [9.17, 15) is 40.3 Å². The third-order valence-electron chi connectivity index (χ3n) is 4.55. The summed E-state index contributed by atoms with van der Waals surface area (Å²) in [5.41, 5.74) is -3.16. The number of alkyl halides is 6. The minimum atomic E-state index is -5.03. The summed E-state index contributed by atoms with van der Waals surface area (Å²) in [6, 6.07) is 8.78. The lowest BCUT2D eigenvalue weighted by Gasteiger charge is -2.15. The van der Waals surface area contributed by atoms with E-state index in [-0.39, 0.29) is 16.9 Å². The molecule has 180 valence electrons. The second-order valence-electron chi connectivity index (χ2n) is 6.98. The number of carbonyl (C=O) groups is 1. The molecule has 1 aromatic heterocycles. The molecule has 0 aliphatic heterocycles. The molecule has 1 amide bonds. The zero-order valence-electron chi connectivity index (χ0n) is 16.8. The number of hydrogen-bond donors (Lipinski definition) is 2. The highest BCUT2D eigenvalue weighted by molar-refractivity contribution is 5.94. The van der Waals surface area contributed by atoms with Crippen molar-refractivity contribution in [3.63, 3.8) is 0 Å². The van der Waals surface area contributed by atoms with Crippen LogP contribution in [0.4, 0.5) is 30.7 Å². The number of halogens is 7. The van der Waals surface area contributed by atoms with Gasteiger partial charge in [0, 0.05) is 5.56 Å². The predicted octanol–water partition coefficient (Wildman–Crippen LogP) is 3.71. The maximum atomic E-state index is 13.7. The lowest BCUT2D eigenvalue weighted by atomic mass is 10.1. The van der Waals surface area contributed by atoms with Gasteiger partial charge in [0.1, 0.15) is 11.4 Å². The summed E-state index contributed by atoms with van der Waals surface area (Å²) in [5.74, 6) is -2.08. The molecule has 0 spiro atoms. The van der Waals surface area contributed by atoms with Gasteiger partial charge in [0.2, 0.25) is 0 Å². The van der Waals surface area contributed by atoms with E-state index in [1.165, 1.54) is 12.1 Å². The van der Waals surface area contributed by atoms with Gasteiger partial charge in [-0.25, -0.2) is 4.39 Å². The summed E-state index contributed by atoms with van der Waals surface area (Å²) in [5, 5.41) is 14.8. The summed E-state index contributed by atoms with van der Waals surface area (Å²) in [7, 11) is 0. The van der Waals surface area contributed by atoms with E-state index in [0.717, 1.165) is 42.5 Å². The van der Waals surface area contributed by atoms with Crippen LogP contribution in [0.15, 0.2) is 59.4 Å². The number of aliphatic hydroxyl groups excluding tert-OH is 1. The molecule has 0 unspecified atom stereocenters. The van der Waals surface area contributed by atoms with Crippen molar-refractivity contribution in [3.05, 3.63) is 81.9 Å². The maximum absolute atomic E-state index is 13.7. The Morgan fingerprint density at radius 2 is 1.68 bits per heavy atom. The topological polar surface area (TPSA) is 84.2 Å². The summed E-state index contributed by atoms with van der Waals surface area (Å²) in [6.07, 6.45) is -12.6. The van der Waals surface area contributed by atoms with Gasteiger partial charge >= 0.3 is 12.4 Å². The number of aliphatic hydroxyl groups is 1. The average Bonchev–Trinajstić information content (AvgIpc) is 2.76. The van der Waals surface area contributed by atoms with Gasteiger partial charge in [-0.1, -0.05) is 18.2 Å². The van der Waals surface area contributed by atoms with Crippen molar-refractivity contribution in [1.29, 1.82) is 0 Å².